The van der Waals surface area contributed by atoms with Crippen LogP contribution in [0.25, 0.3) is 18.2 Å². The number of hydrogen-bond donors (Lipinski definition) is 0. The minimum absolute atomic E-state index is 0.538. The highest BCUT2D eigenvalue weighted by Gasteiger charge is 2.50. The van der Waals surface area contributed by atoms with Crippen molar-refractivity contribution in [2.24, 2.45) is 0 Å². The SMILES string of the molecule is C=Cc1ccc(OB2OB(Oc3ccc(C=C)cc3)OB(Oc3ccc(C=C)cc3)O2)cc1. The van der Waals surface area contributed by atoms with E-state index >= 15 is 0 Å². The molecule has 3 aromatic rings. The molecule has 0 bridgehead atoms. The quantitative estimate of drug-likeness (QED) is 0.430. The van der Waals surface area contributed by atoms with Crippen molar-refractivity contribution in [1.82, 2.24) is 0 Å². The van der Waals surface area contributed by atoms with Crippen molar-refractivity contribution in [2.75, 3.05) is 0 Å². The summed E-state index contributed by atoms with van der Waals surface area (Å²) in [5, 5.41) is 0. The predicted octanol–water partition coefficient (Wildman–Crippen LogP) is 5.17. The summed E-state index contributed by atoms with van der Waals surface area (Å²) in [6.07, 6.45) is 5.23. The molecule has 0 saturated carbocycles. The molecule has 1 saturated heterocycles. The van der Waals surface area contributed by atoms with Crippen molar-refractivity contribution in [3.63, 3.8) is 0 Å². The fraction of sp³-hybridized carbons (Fsp3) is 0. The molecule has 6 nitrogen and oxygen atoms in total. The summed E-state index contributed by atoms with van der Waals surface area (Å²) in [4.78, 5) is 0. The van der Waals surface area contributed by atoms with Crippen molar-refractivity contribution in [3.8, 4) is 17.2 Å². The Morgan fingerprint density at radius 3 is 0.909 bits per heavy atom. The average molecular weight is 438 g/mol. The standard InChI is InChI=1S/C24H21B3O6/c1-4-19-7-13-22(14-8-19)28-25-31-26(29-23-15-9-20(5-2)10-16-23)33-27(32-25)30-24-17-11-21(6-3)12-18-24/h4-18H,1-3H2. The van der Waals surface area contributed by atoms with Crippen molar-refractivity contribution in [2.45, 2.75) is 0 Å². The van der Waals surface area contributed by atoms with E-state index in [-0.39, 0.29) is 0 Å². The van der Waals surface area contributed by atoms with Gasteiger partial charge in [-0.25, -0.2) is 0 Å². The second kappa shape index (κ2) is 10.8. The van der Waals surface area contributed by atoms with Gasteiger partial charge >= 0.3 is 22.0 Å². The molecule has 33 heavy (non-hydrogen) atoms. The molecule has 4 rings (SSSR count). The smallest absolute Gasteiger partial charge is 0.513 e. The molecule has 0 spiro atoms. The van der Waals surface area contributed by atoms with Gasteiger partial charge in [0.1, 0.15) is 17.2 Å². The molecular weight excluding hydrogens is 417 g/mol. The summed E-state index contributed by atoms with van der Waals surface area (Å²) in [5.74, 6) is 1.61. The first kappa shape index (κ1) is 22.5. The van der Waals surface area contributed by atoms with Gasteiger partial charge in [0.2, 0.25) is 0 Å². The largest absolute Gasteiger partial charge is 0.690 e. The van der Waals surface area contributed by atoms with E-state index in [1.54, 1.807) is 54.6 Å². The Morgan fingerprint density at radius 1 is 0.455 bits per heavy atom. The summed E-state index contributed by atoms with van der Waals surface area (Å²) in [6, 6.07) is 21.9. The van der Waals surface area contributed by atoms with Gasteiger partial charge in [0, 0.05) is 0 Å². The van der Waals surface area contributed by atoms with Crippen molar-refractivity contribution in [1.29, 1.82) is 0 Å². The number of benzene rings is 3. The van der Waals surface area contributed by atoms with Gasteiger partial charge in [0.25, 0.3) is 0 Å². The summed E-state index contributed by atoms with van der Waals surface area (Å²) < 4.78 is 34.5. The van der Waals surface area contributed by atoms with Gasteiger partial charge < -0.3 is 27.7 Å². The molecule has 0 atom stereocenters. The summed E-state index contributed by atoms with van der Waals surface area (Å²) in [6.45, 7) is 11.2. The van der Waals surface area contributed by atoms with Crippen molar-refractivity contribution < 1.29 is 27.7 Å². The maximum Gasteiger partial charge on any atom is 0.690 e. The molecule has 0 unspecified atom stereocenters. The molecule has 0 radical (unpaired) electrons. The number of rotatable bonds is 9. The first-order chi connectivity index (χ1) is 16.1. The normalized spacial score (nSPS) is 13.3. The van der Waals surface area contributed by atoms with E-state index < -0.39 is 22.0 Å². The Labute approximate surface area is 194 Å². The van der Waals surface area contributed by atoms with Crippen LogP contribution < -0.4 is 14.0 Å². The van der Waals surface area contributed by atoms with Gasteiger partial charge in [-0.05, 0) is 53.1 Å². The van der Waals surface area contributed by atoms with Crippen molar-refractivity contribution >= 4 is 40.2 Å². The summed E-state index contributed by atoms with van der Waals surface area (Å²) >= 11 is 0. The van der Waals surface area contributed by atoms with E-state index in [1.165, 1.54) is 0 Å². The molecule has 1 fully saturated rings. The minimum Gasteiger partial charge on any atom is -0.513 e. The van der Waals surface area contributed by atoms with Crippen LogP contribution in [0.4, 0.5) is 0 Å². The second-order valence-corrected chi connectivity index (χ2v) is 6.95. The van der Waals surface area contributed by atoms with Crippen LogP contribution in [0.3, 0.4) is 0 Å². The van der Waals surface area contributed by atoms with E-state index in [1.807, 2.05) is 36.4 Å². The lowest BCUT2D eigenvalue weighted by atomic mass is 9.96. The van der Waals surface area contributed by atoms with E-state index in [0.29, 0.717) is 17.2 Å². The zero-order valence-corrected chi connectivity index (χ0v) is 18.0. The topological polar surface area (TPSA) is 55.4 Å². The highest BCUT2D eigenvalue weighted by Crippen LogP contribution is 2.22. The van der Waals surface area contributed by atoms with Crippen molar-refractivity contribution in [3.05, 3.63) is 109 Å². The zero-order chi connectivity index (χ0) is 23.0. The predicted molar refractivity (Wildman–Crippen MR) is 132 cm³/mol. The molecule has 0 N–H and O–H groups in total. The highest BCUT2D eigenvalue weighted by molar-refractivity contribution is 6.67. The Hall–Kier alpha value is -3.65. The third-order valence-corrected chi connectivity index (χ3v) is 4.71. The first-order valence-corrected chi connectivity index (χ1v) is 10.3. The molecule has 1 aliphatic rings. The zero-order valence-electron chi connectivity index (χ0n) is 18.0. The number of hydrogen-bond acceptors (Lipinski definition) is 6. The molecule has 162 valence electrons. The molecular formula is C24H21B3O6. The molecule has 0 aromatic heterocycles. The van der Waals surface area contributed by atoms with Gasteiger partial charge in [-0.1, -0.05) is 74.4 Å². The fourth-order valence-corrected chi connectivity index (χ4v) is 2.92. The lowest BCUT2D eigenvalue weighted by Crippen LogP contribution is -2.56. The maximum atomic E-state index is 5.82. The van der Waals surface area contributed by atoms with Crippen LogP contribution in [0.1, 0.15) is 16.7 Å². The van der Waals surface area contributed by atoms with Crippen LogP contribution in [0, 0.1) is 0 Å². The Kier molecular flexibility index (Phi) is 7.37. The average Bonchev–Trinajstić information content (AvgIpc) is 2.85. The summed E-state index contributed by atoms with van der Waals surface area (Å²) in [7, 11) is -3.41. The Bertz CT molecular complexity index is 939. The lowest BCUT2D eigenvalue weighted by molar-refractivity contribution is 0.146. The van der Waals surface area contributed by atoms with Gasteiger partial charge in [0.15, 0.2) is 0 Å². The van der Waals surface area contributed by atoms with E-state index in [4.69, 9.17) is 27.7 Å². The van der Waals surface area contributed by atoms with Gasteiger partial charge in [-0.2, -0.15) is 0 Å². The third-order valence-electron chi connectivity index (χ3n) is 4.71. The van der Waals surface area contributed by atoms with Crippen LogP contribution in [-0.2, 0) is 13.7 Å². The van der Waals surface area contributed by atoms with E-state index in [2.05, 4.69) is 19.7 Å². The van der Waals surface area contributed by atoms with Gasteiger partial charge in [-0.15, -0.1) is 0 Å². The second-order valence-electron chi connectivity index (χ2n) is 6.95. The third kappa shape index (κ3) is 6.20. The molecule has 0 aliphatic carbocycles. The van der Waals surface area contributed by atoms with E-state index in [9.17, 15) is 0 Å². The Balaban J connectivity index is 1.48. The maximum absolute atomic E-state index is 5.82. The molecule has 1 aliphatic heterocycles. The van der Waals surface area contributed by atoms with Gasteiger partial charge in [0.05, 0.1) is 0 Å². The lowest BCUT2D eigenvalue weighted by Gasteiger charge is -2.28. The van der Waals surface area contributed by atoms with Crippen LogP contribution >= 0.6 is 0 Å². The van der Waals surface area contributed by atoms with Crippen LogP contribution in [0.15, 0.2) is 92.5 Å². The molecule has 0 amide bonds. The Morgan fingerprint density at radius 2 is 0.697 bits per heavy atom. The molecule has 1 heterocycles. The van der Waals surface area contributed by atoms with Crippen LogP contribution in [-0.4, -0.2) is 22.0 Å². The minimum atomic E-state index is -1.14. The van der Waals surface area contributed by atoms with Crippen LogP contribution in [0.5, 0.6) is 17.2 Å². The molecule has 9 heteroatoms. The first-order valence-electron chi connectivity index (χ1n) is 10.3. The van der Waals surface area contributed by atoms with E-state index in [0.717, 1.165) is 16.7 Å². The summed E-state index contributed by atoms with van der Waals surface area (Å²) in [5.41, 5.74) is 2.89. The molecule has 3 aromatic carbocycles. The monoisotopic (exact) mass is 438 g/mol. The highest BCUT2D eigenvalue weighted by atomic mass is 16.9. The fourth-order valence-electron chi connectivity index (χ4n) is 2.92. The van der Waals surface area contributed by atoms with Crippen LogP contribution in [0.2, 0.25) is 0 Å². The van der Waals surface area contributed by atoms with Gasteiger partial charge in [-0.3, -0.25) is 0 Å².